The number of nitrogen functional groups attached to an aromatic ring is 2. The number of oxazole rings is 1. The Morgan fingerprint density at radius 1 is 1.09 bits per heavy atom. The fraction of sp³-hybridized carbons (Fsp3) is 0.100. The molecule has 0 atom stereocenters. The number of imidazole rings is 2. The SMILES string of the molecule is Cc1cc(=O)c(N)c[nH]1.Cc1cc2oc(N)nc2cn1.N=C(n1ccnc1)n1ccnc1. The summed E-state index contributed by atoms with van der Waals surface area (Å²) in [7, 11) is 0. The standard InChI is InChI=1S/C7H7N5.C7H7N3O.C6H8N2O/c8-7(11-3-1-9-5-11)12-4-2-10-6-12;1-4-2-6-5(3-9-4)10-7(8)11-6;1-4-2-6(9)5(7)3-8-4/h1-6,8H;2-3H,1H3,(H2,8,10);2-3H,7H2,1H3,(H,8,9). The van der Waals surface area contributed by atoms with Gasteiger partial charge >= 0.3 is 0 Å². The molecule has 5 aromatic rings. The van der Waals surface area contributed by atoms with Crippen LogP contribution in [0, 0.1) is 19.3 Å². The molecule has 0 aliphatic carbocycles. The van der Waals surface area contributed by atoms with E-state index in [0.717, 1.165) is 11.4 Å². The molecule has 0 radical (unpaired) electrons. The maximum absolute atomic E-state index is 10.7. The van der Waals surface area contributed by atoms with Crippen LogP contribution in [0.4, 0.5) is 11.7 Å². The molecule has 0 spiro atoms. The van der Waals surface area contributed by atoms with Gasteiger partial charge in [0.2, 0.25) is 11.4 Å². The van der Waals surface area contributed by atoms with Crippen molar-refractivity contribution < 1.29 is 4.42 Å². The first-order chi connectivity index (χ1) is 15.3. The Balaban J connectivity index is 0.000000137. The molecule has 0 bridgehead atoms. The molecule has 12 heteroatoms. The van der Waals surface area contributed by atoms with Crippen LogP contribution in [0.2, 0.25) is 0 Å². The van der Waals surface area contributed by atoms with Crippen molar-refractivity contribution in [3.8, 4) is 0 Å². The highest BCUT2D eigenvalue weighted by molar-refractivity contribution is 5.81. The van der Waals surface area contributed by atoms with Crippen LogP contribution < -0.4 is 16.9 Å². The molecule has 0 unspecified atom stereocenters. The quantitative estimate of drug-likeness (QED) is 0.210. The normalized spacial score (nSPS) is 10.1. The fourth-order valence-electron chi connectivity index (χ4n) is 2.43. The van der Waals surface area contributed by atoms with Gasteiger partial charge in [-0.15, -0.1) is 0 Å². The van der Waals surface area contributed by atoms with Crippen LogP contribution in [0.1, 0.15) is 11.4 Å². The number of H-pyrrole nitrogens is 1. The lowest BCUT2D eigenvalue weighted by atomic mass is 10.3. The first kappa shape index (κ1) is 22.0. The number of hydrogen-bond acceptors (Lipinski definition) is 9. The van der Waals surface area contributed by atoms with Gasteiger partial charge in [0.1, 0.15) is 18.2 Å². The monoisotopic (exact) mass is 434 g/mol. The van der Waals surface area contributed by atoms with Crippen molar-refractivity contribution >= 4 is 28.8 Å². The Morgan fingerprint density at radius 2 is 1.75 bits per heavy atom. The van der Waals surface area contributed by atoms with Crippen molar-refractivity contribution in [2.75, 3.05) is 11.5 Å². The molecular weight excluding hydrogens is 412 g/mol. The van der Waals surface area contributed by atoms with Gasteiger partial charge in [-0.3, -0.25) is 24.3 Å². The van der Waals surface area contributed by atoms with Crippen LogP contribution in [0.15, 0.2) is 71.2 Å². The van der Waals surface area contributed by atoms with E-state index in [1.165, 1.54) is 12.3 Å². The number of aryl methyl sites for hydroxylation is 2. The van der Waals surface area contributed by atoms with Crippen molar-refractivity contribution in [3.05, 3.63) is 83.6 Å². The Bertz CT molecular complexity index is 1310. The highest BCUT2D eigenvalue weighted by Gasteiger charge is 2.01. The number of hydrogen-bond donors (Lipinski definition) is 4. The summed E-state index contributed by atoms with van der Waals surface area (Å²) in [6.45, 7) is 3.69. The summed E-state index contributed by atoms with van der Waals surface area (Å²) < 4.78 is 8.27. The van der Waals surface area contributed by atoms with E-state index in [1.807, 2.05) is 6.92 Å². The minimum absolute atomic E-state index is 0.119. The molecule has 12 nitrogen and oxygen atoms in total. The molecule has 0 aromatic carbocycles. The fourth-order valence-corrected chi connectivity index (χ4v) is 2.43. The zero-order valence-electron chi connectivity index (χ0n) is 17.4. The molecule has 5 aromatic heterocycles. The lowest BCUT2D eigenvalue weighted by Crippen LogP contribution is -2.16. The van der Waals surface area contributed by atoms with E-state index in [2.05, 4.69) is 24.9 Å². The first-order valence-electron chi connectivity index (χ1n) is 9.32. The van der Waals surface area contributed by atoms with E-state index in [0.29, 0.717) is 17.1 Å². The lowest BCUT2D eigenvalue weighted by molar-refractivity contribution is 0.625. The van der Waals surface area contributed by atoms with Gasteiger partial charge in [-0.25, -0.2) is 9.97 Å². The molecule has 5 heterocycles. The average Bonchev–Trinajstić information content (AvgIpc) is 3.52. The van der Waals surface area contributed by atoms with E-state index >= 15 is 0 Å². The summed E-state index contributed by atoms with van der Waals surface area (Å²) in [5.41, 5.74) is 13.8. The lowest BCUT2D eigenvalue weighted by Gasteiger charge is -2.02. The Kier molecular flexibility index (Phi) is 6.75. The van der Waals surface area contributed by atoms with Crippen LogP contribution in [-0.2, 0) is 0 Å². The van der Waals surface area contributed by atoms with Crippen molar-refractivity contribution in [2.45, 2.75) is 13.8 Å². The second kappa shape index (κ2) is 9.84. The maximum Gasteiger partial charge on any atom is 0.293 e. The number of nitrogens with two attached hydrogens (primary N) is 2. The number of aromatic nitrogens is 7. The molecule has 0 fully saturated rings. The van der Waals surface area contributed by atoms with E-state index in [-0.39, 0.29) is 17.1 Å². The molecule has 32 heavy (non-hydrogen) atoms. The van der Waals surface area contributed by atoms with Gasteiger partial charge < -0.3 is 20.9 Å². The summed E-state index contributed by atoms with van der Waals surface area (Å²) in [4.78, 5) is 29.1. The zero-order valence-corrected chi connectivity index (χ0v) is 17.4. The topological polar surface area (TPSA) is 183 Å². The smallest absolute Gasteiger partial charge is 0.293 e. The highest BCUT2D eigenvalue weighted by Crippen LogP contribution is 2.15. The first-order valence-corrected chi connectivity index (χ1v) is 9.32. The zero-order chi connectivity index (χ0) is 23.1. The number of nitrogens with zero attached hydrogens (tertiary/aromatic N) is 6. The van der Waals surface area contributed by atoms with Gasteiger partial charge in [-0.1, -0.05) is 0 Å². The molecule has 164 valence electrons. The highest BCUT2D eigenvalue weighted by atomic mass is 16.4. The van der Waals surface area contributed by atoms with Gasteiger partial charge in [-0.05, 0) is 13.8 Å². The molecule has 0 saturated heterocycles. The number of anilines is 2. The van der Waals surface area contributed by atoms with Gasteiger partial charge in [0.05, 0.1) is 11.9 Å². The van der Waals surface area contributed by atoms with Gasteiger partial charge in [0.15, 0.2) is 5.58 Å². The largest absolute Gasteiger partial charge is 0.424 e. The van der Waals surface area contributed by atoms with Crippen LogP contribution in [0.3, 0.4) is 0 Å². The predicted molar refractivity (Wildman–Crippen MR) is 120 cm³/mol. The minimum atomic E-state index is -0.119. The summed E-state index contributed by atoms with van der Waals surface area (Å²) in [6.07, 6.45) is 13.0. The molecule has 5 rings (SSSR count). The van der Waals surface area contributed by atoms with Gasteiger partial charge in [0, 0.05) is 54.5 Å². The van der Waals surface area contributed by atoms with Crippen molar-refractivity contribution in [1.29, 1.82) is 5.41 Å². The molecule has 0 aliphatic rings. The van der Waals surface area contributed by atoms with E-state index in [1.54, 1.807) is 65.8 Å². The molecule has 0 aliphatic heterocycles. The van der Waals surface area contributed by atoms with Crippen LogP contribution in [-0.4, -0.2) is 40.0 Å². The number of fused-ring (bicyclic) bond motifs is 1. The predicted octanol–water partition coefficient (Wildman–Crippen LogP) is 1.79. The second-order valence-electron chi connectivity index (χ2n) is 6.54. The van der Waals surface area contributed by atoms with Crippen LogP contribution >= 0.6 is 0 Å². The third-order valence-corrected chi connectivity index (χ3v) is 4.01. The summed E-state index contributed by atoms with van der Waals surface area (Å²) >= 11 is 0. The van der Waals surface area contributed by atoms with Crippen molar-refractivity contribution in [3.63, 3.8) is 0 Å². The third kappa shape index (κ3) is 5.66. The Morgan fingerprint density at radius 3 is 2.28 bits per heavy atom. The number of rotatable bonds is 0. The Labute approximate surface area is 182 Å². The summed E-state index contributed by atoms with van der Waals surface area (Å²) in [6, 6.07) is 3.46. The average molecular weight is 434 g/mol. The van der Waals surface area contributed by atoms with Gasteiger partial charge in [-0.2, -0.15) is 4.98 Å². The number of nitrogens with one attached hydrogen (secondary N) is 2. The summed E-state index contributed by atoms with van der Waals surface area (Å²) in [5.74, 6) is 0.310. The number of pyridine rings is 2. The van der Waals surface area contributed by atoms with Crippen LogP contribution in [0.25, 0.3) is 11.1 Å². The Hall–Kier alpha value is -4.74. The molecule has 0 amide bonds. The molecule has 0 saturated carbocycles. The maximum atomic E-state index is 10.7. The third-order valence-electron chi connectivity index (χ3n) is 4.01. The second-order valence-corrected chi connectivity index (χ2v) is 6.54. The van der Waals surface area contributed by atoms with Crippen molar-refractivity contribution in [1.82, 2.24) is 34.1 Å². The molecular formula is C20H22N10O2. The summed E-state index contributed by atoms with van der Waals surface area (Å²) in [5, 5.41) is 7.65. The molecule has 6 N–H and O–H groups in total. The van der Waals surface area contributed by atoms with E-state index in [4.69, 9.17) is 21.3 Å². The van der Waals surface area contributed by atoms with Crippen molar-refractivity contribution in [2.24, 2.45) is 0 Å². The minimum Gasteiger partial charge on any atom is -0.424 e. The van der Waals surface area contributed by atoms with Gasteiger partial charge in [0.25, 0.3) is 6.01 Å². The van der Waals surface area contributed by atoms with E-state index < -0.39 is 0 Å². The van der Waals surface area contributed by atoms with Crippen LogP contribution in [0.5, 0.6) is 0 Å². The number of aromatic amines is 1. The van der Waals surface area contributed by atoms with E-state index in [9.17, 15) is 4.79 Å².